The normalized spacial score (nSPS) is 13.5. The molecule has 0 rings (SSSR count). The molecule has 2 atom stereocenters. The van der Waals surface area contributed by atoms with E-state index in [1.165, 1.54) is 116 Å². The average molecular weight is 650 g/mol. The van der Waals surface area contributed by atoms with Gasteiger partial charge in [0, 0.05) is 19.4 Å². The molecule has 0 aromatic rings. The predicted octanol–water partition coefficient (Wildman–Crippen LogP) is 8.93. The Kier molecular flexibility index (Phi) is 31.3. The van der Waals surface area contributed by atoms with Gasteiger partial charge in [-0.2, -0.15) is 0 Å². The molecule has 0 saturated carbocycles. The third kappa shape index (κ3) is 32.4. The van der Waals surface area contributed by atoms with Crippen molar-refractivity contribution >= 4 is 19.7 Å². The van der Waals surface area contributed by atoms with Gasteiger partial charge in [0.2, 0.25) is 5.91 Å². The van der Waals surface area contributed by atoms with Gasteiger partial charge in [0.1, 0.15) is 12.7 Å². The van der Waals surface area contributed by atoms with E-state index < -0.39 is 26.5 Å². The van der Waals surface area contributed by atoms with Crippen molar-refractivity contribution in [1.82, 2.24) is 5.32 Å². The molecular formula is C34H68NO8P. The van der Waals surface area contributed by atoms with E-state index in [4.69, 9.17) is 13.8 Å². The van der Waals surface area contributed by atoms with E-state index in [0.717, 1.165) is 32.1 Å². The monoisotopic (exact) mass is 649 g/mol. The Bertz CT molecular complexity index is 709. The fourth-order valence-electron chi connectivity index (χ4n) is 5.01. The molecule has 0 saturated heterocycles. The summed E-state index contributed by atoms with van der Waals surface area (Å²) in [5.74, 6) is -0.545. The first-order valence-electron chi connectivity index (χ1n) is 18.0. The highest BCUT2D eigenvalue weighted by Crippen LogP contribution is 2.42. The van der Waals surface area contributed by atoms with Gasteiger partial charge >= 0.3 is 13.8 Å². The van der Waals surface area contributed by atoms with Gasteiger partial charge in [-0.25, -0.2) is 4.57 Å². The third-order valence-electron chi connectivity index (χ3n) is 7.79. The topological polar surface area (TPSA) is 131 Å². The molecule has 0 spiro atoms. The molecule has 0 bridgehead atoms. The number of phosphoric acid groups is 1. The highest BCUT2D eigenvalue weighted by atomic mass is 31.2. The SMILES string of the molecule is CCCCCCCCCCCCCCCCCCCCCCCC(=O)OCC(O)COP(=O)(O)OCCNC(=O)CCCC. The lowest BCUT2D eigenvalue weighted by Crippen LogP contribution is -2.27. The number of hydrogen-bond donors (Lipinski definition) is 3. The van der Waals surface area contributed by atoms with Crippen LogP contribution in [0.25, 0.3) is 0 Å². The van der Waals surface area contributed by atoms with Crippen LogP contribution in [-0.2, 0) is 27.9 Å². The zero-order valence-electron chi connectivity index (χ0n) is 28.4. The lowest BCUT2D eigenvalue weighted by Gasteiger charge is -2.15. The van der Waals surface area contributed by atoms with Crippen LogP contribution in [0.3, 0.4) is 0 Å². The number of amides is 1. The summed E-state index contributed by atoms with van der Waals surface area (Å²) < 4.78 is 26.4. The molecule has 262 valence electrons. The van der Waals surface area contributed by atoms with Gasteiger partial charge in [0.05, 0.1) is 13.2 Å². The van der Waals surface area contributed by atoms with Crippen molar-refractivity contribution in [3.05, 3.63) is 0 Å². The Hall–Kier alpha value is -0.990. The van der Waals surface area contributed by atoms with E-state index in [1.807, 2.05) is 6.92 Å². The third-order valence-corrected chi connectivity index (χ3v) is 8.77. The zero-order valence-corrected chi connectivity index (χ0v) is 29.3. The van der Waals surface area contributed by atoms with Crippen molar-refractivity contribution in [1.29, 1.82) is 0 Å². The lowest BCUT2D eigenvalue weighted by molar-refractivity contribution is -0.147. The van der Waals surface area contributed by atoms with Crippen molar-refractivity contribution < 1.29 is 37.9 Å². The van der Waals surface area contributed by atoms with Crippen LogP contribution in [0, 0.1) is 0 Å². The van der Waals surface area contributed by atoms with E-state index >= 15 is 0 Å². The average Bonchev–Trinajstić information content (AvgIpc) is 3.00. The first kappa shape index (κ1) is 43.0. The number of esters is 1. The Balaban J connectivity index is 3.46. The van der Waals surface area contributed by atoms with Gasteiger partial charge in [-0.05, 0) is 12.8 Å². The standard InChI is InChI=1S/C34H68NO8P/c1-3-5-7-8-9-10-11-12-13-14-15-16-17-18-19-20-21-22-23-24-25-27-34(38)41-30-32(36)31-43-44(39,40)42-29-28-35-33(37)26-6-4-2/h32,36H,3-31H2,1-2H3,(H,35,37)(H,39,40). The minimum Gasteiger partial charge on any atom is -0.463 e. The fourth-order valence-corrected chi connectivity index (χ4v) is 5.76. The van der Waals surface area contributed by atoms with Crippen LogP contribution in [0.15, 0.2) is 0 Å². The number of nitrogens with one attached hydrogen (secondary N) is 1. The molecule has 0 aliphatic carbocycles. The molecule has 0 fully saturated rings. The predicted molar refractivity (Wildman–Crippen MR) is 178 cm³/mol. The van der Waals surface area contributed by atoms with Crippen molar-refractivity contribution in [2.24, 2.45) is 0 Å². The molecule has 3 N–H and O–H groups in total. The first-order valence-corrected chi connectivity index (χ1v) is 19.5. The minimum absolute atomic E-state index is 0.0795. The molecule has 0 aromatic heterocycles. The zero-order chi connectivity index (χ0) is 32.6. The lowest BCUT2D eigenvalue weighted by atomic mass is 10.0. The van der Waals surface area contributed by atoms with Crippen molar-refractivity contribution in [2.45, 2.75) is 180 Å². The second-order valence-electron chi connectivity index (χ2n) is 12.2. The molecule has 2 unspecified atom stereocenters. The van der Waals surface area contributed by atoms with Gasteiger partial charge in [-0.15, -0.1) is 0 Å². The number of hydrogen-bond acceptors (Lipinski definition) is 7. The van der Waals surface area contributed by atoms with E-state index in [-0.39, 0.29) is 32.1 Å². The summed E-state index contributed by atoms with van der Waals surface area (Å²) >= 11 is 0. The van der Waals surface area contributed by atoms with Crippen LogP contribution in [0.1, 0.15) is 174 Å². The maximum Gasteiger partial charge on any atom is 0.472 e. The second-order valence-corrected chi connectivity index (χ2v) is 13.7. The summed E-state index contributed by atoms with van der Waals surface area (Å²) in [6.45, 7) is 3.31. The Labute approximate surface area is 269 Å². The number of ether oxygens (including phenoxy) is 1. The van der Waals surface area contributed by atoms with E-state index in [0.29, 0.717) is 6.42 Å². The number of aliphatic hydroxyl groups excluding tert-OH is 1. The molecule has 9 nitrogen and oxygen atoms in total. The number of carbonyl (C=O) groups is 2. The van der Waals surface area contributed by atoms with Gasteiger partial charge in [0.15, 0.2) is 0 Å². The van der Waals surface area contributed by atoms with Gasteiger partial charge in [-0.1, -0.05) is 149 Å². The maximum atomic E-state index is 11.9. The number of unbranched alkanes of at least 4 members (excludes halogenated alkanes) is 21. The Morgan fingerprint density at radius 2 is 1.05 bits per heavy atom. The molecule has 44 heavy (non-hydrogen) atoms. The smallest absolute Gasteiger partial charge is 0.463 e. The number of carbonyl (C=O) groups excluding carboxylic acids is 2. The van der Waals surface area contributed by atoms with Crippen molar-refractivity contribution in [3.63, 3.8) is 0 Å². The summed E-state index contributed by atoms with van der Waals surface area (Å²) in [5, 5.41) is 12.5. The number of rotatable bonds is 34. The van der Waals surface area contributed by atoms with Crippen LogP contribution < -0.4 is 5.32 Å². The summed E-state index contributed by atoms with van der Waals surface area (Å²) in [5.41, 5.74) is 0. The molecule has 0 aromatic carbocycles. The Morgan fingerprint density at radius 3 is 1.50 bits per heavy atom. The largest absolute Gasteiger partial charge is 0.472 e. The van der Waals surface area contributed by atoms with E-state index in [1.54, 1.807) is 0 Å². The highest BCUT2D eigenvalue weighted by Gasteiger charge is 2.23. The molecule has 0 heterocycles. The van der Waals surface area contributed by atoms with E-state index in [9.17, 15) is 24.2 Å². The van der Waals surface area contributed by atoms with Crippen LogP contribution in [0.5, 0.6) is 0 Å². The summed E-state index contributed by atoms with van der Waals surface area (Å²) in [6.07, 6.45) is 28.6. The Morgan fingerprint density at radius 1 is 0.614 bits per heavy atom. The summed E-state index contributed by atoms with van der Waals surface area (Å²) in [4.78, 5) is 33.1. The van der Waals surface area contributed by atoms with Gasteiger partial charge in [0.25, 0.3) is 0 Å². The first-order chi connectivity index (χ1) is 21.3. The summed E-state index contributed by atoms with van der Waals surface area (Å²) in [7, 11) is -4.38. The molecular weight excluding hydrogens is 581 g/mol. The summed E-state index contributed by atoms with van der Waals surface area (Å²) in [6, 6.07) is 0. The fraction of sp³-hybridized carbons (Fsp3) is 0.941. The van der Waals surface area contributed by atoms with Crippen LogP contribution >= 0.6 is 7.82 Å². The molecule has 10 heteroatoms. The number of aliphatic hydroxyl groups is 1. The van der Waals surface area contributed by atoms with Crippen molar-refractivity contribution in [3.8, 4) is 0 Å². The number of phosphoric ester groups is 1. The second kappa shape index (κ2) is 32.0. The molecule has 0 radical (unpaired) electrons. The van der Waals surface area contributed by atoms with Gasteiger partial charge < -0.3 is 20.1 Å². The van der Waals surface area contributed by atoms with Crippen molar-refractivity contribution in [2.75, 3.05) is 26.4 Å². The molecule has 0 aliphatic rings. The van der Waals surface area contributed by atoms with Crippen LogP contribution in [0.4, 0.5) is 0 Å². The molecule has 1 amide bonds. The van der Waals surface area contributed by atoms with Gasteiger partial charge in [-0.3, -0.25) is 18.6 Å². The van der Waals surface area contributed by atoms with E-state index in [2.05, 4.69) is 12.2 Å². The molecule has 0 aliphatic heterocycles. The maximum absolute atomic E-state index is 11.9. The minimum atomic E-state index is -4.38. The quantitative estimate of drug-likeness (QED) is 0.0358. The van der Waals surface area contributed by atoms with Crippen LogP contribution in [-0.4, -0.2) is 54.3 Å². The highest BCUT2D eigenvalue weighted by molar-refractivity contribution is 7.47. The van der Waals surface area contributed by atoms with Crippen LogP contribution in [0.2, 0.25) is 0 Å².